The zero-order valence-corrected chi connectivity index (χ0v) is 7.07. The number of ether oxygens (including phenoxy) is 1. The third-order valence-electron chi connectivity index (χ3n) is 1.36. The molecule has 0 N–H and O–H groups in total. The van der Waals surface area contributed by atoms with Crippen molar-refractivity contribution in [3.05, 3.63) is 0 Å². The molecule has 1 nitrogen and oxygen atoms in total. The van der Waals surface area contributed by atoms with Gasteiger partial charge in [0.1, 0.15) is 6.67 Å². The lowest BCUT2D eigenvalue weighted by Gasteiger charge is -2.20. The Morgan fingerprint density at radius 1 is 1.31 bits per heavy atom. The van der Waals surface area contributed by atoms with Crippen molar-refractivity contribution in [3.63, 3.8) is 0 Å². The highest BCUT2D eigenvalue weighted by Gasteiger charge is 2.36. The molecule has 2 unspecified atom stereocenters. The van der Waals surface area contributed by atoms with Crippen molar-refractivity contribution >= 4 is 0 Å². The summed E-state index contributed by atoms with van der Waals surface area (Å²) in [5.41, 5.74) is 0. The van der Waals surface area contributed by atoms with E-state index in [1.807, 2.05) is 0 Å². The van der Waals surface area contributed by atoms with E-state index in [-0.39, 0.29) is 6.61 Å². The summed E-state index contributed by atoms with van der Waals surface area (Å²) >= 11 is 0. The first kappa shape index (κ1) is 12.6. The van der Waals surface area contributed by atoms with E-state index < -0.39 is 31.5 Å². The third kappa shape index (κ3) is 5.79. The summed E-state index contributed by atoms with van der Waals surface area (Å²) in [4.78, 5) is 0. The van der Waals surface area contributed by atoms with Crippen LogP contribution in [0.1, 0.15) is 13.3 Å². The van der Waals surface area contributed by atoms with Gasteiger partial charge in [0.2, 0.25) is 0 Å². The van der Waals surface area contributed by atoms with Crippen LogP contribution in [0.25, 0.3) is 0 Å². The monoisotopic (exact) mass is 206 g/mol. The lowest BCUT2D eigenvalue weighted by molar-refractivity contribution is -0.169. The first-order valence-electron chi connectivity index (χ1n) is 3.79. The van der Waals surface area contributed by atoms with Crippen LogP contribution in [0.4, 0.5) is 22.0 Å². The molecular formula is C7H11F5O. The van der Waals surface area contributed by atoms with Gasteiger partial charge in [-0.25, -0.2) is 8.78 Å². The molecule has 0 saturated heterocycles. The Kier molecular flexibility index (Phi) is 5.20. The number of halogens is 5. The molecule has 0 spiro atoms. The Hall–Kier alpha value is -0.390. The molecule has 0 radical (unpaired) electrons. The molecule has 0 rings (SSSR count). The van der Waals surface area contributed by atoms with E-state index in [9.17, 15) is 22.0 Å². The molecule has 0 aromatic rings. The highest BCUT2D eigenvalue weighted by molar-refractivity contribution is 4.72. The van der Waals surface area contributed by atoms with Crippen molar-refractivity contribution in [3.8, 4) is 0 Å². The SMILES string of the molecule is CCOC(CC(F)(F)F)C(F)CF. The fourth-order valence-corrected chi connectivity index (χ4v) is 0.833. The molecule has 0 aliphatic rings. The predicted octanol–water partition coefficient (Wildman–Crippen LogP) is 2.65. The van der Waals surface area contributed by atoms with E-state index in [1.54, 1.807) is 0 Å². The van der Waals surface area contributed by atoms with E-state index in [4.69, 9.17) is 0 Å². The Morgan fingerprint density at radius 2 is 1.85 bits per heavy atom. The topological polar surface area (TPSA) is 9.23 Å². The lowest BCUT2D eigenvalue weighted by atomic mass is 10.1. The van der Waals surface area contributed by atoms with Crippen LogP contribution in [0.2, 0.25) is 0 Å². The number of alkyl halides is 5. The van der Waals surface area contributed by atoms with Crippen LogP contribution < -0.4 is 0 Å². The van der Waals surface area contributed by atoms with Gasteiger partial charge in [-0.05, 0) is 6.92 Å². The maximum absolute atomic E-state index is 12.5. The van der Waals surface area contributed by atoms with Crippen LogP contribution in [0.3, 0.4) is 0 Å². The van der Waals surface area contributed by atoms with Crippen molar-refractivity contribution in [2.45, 2.75) is 31.8 Å². The van der Waals surface area contributed by atoms with Crippen LogP contribution in [0.5, 0.6) is 0 Å². The molecule has 0 aliphatic heterocycles. The highest BCUT2D eigenvalue weighted by atomic mass is 19.4. The fourth-order valence-electron chi connectivity index (χ4n) is 0.833. The van der Waals surface area contributed by atoms with Gasteiger partial charge in [0, 0.05) is 6.61 Å². The standard InChI is InChI=1S/C7H11F5O/c1-2-13-6(5(9)4-8)3-7(10,11)12/h5-6H,2-4H2,1H3. The van der Waals surface area contributed by atoms with E-state index in [1.165, 1.54) is 6.92 Å². The van der Waals surface area contributed by atoms with Gasteiger partial charge in [0.15, 0.2) is 6.17 Å². The smallest absolute Gasteiger partial charge is 0.375 e. The Bertz CT molecular complexity index is 135. The van der Waals surface area contributed by atoms with Gasteiger partial charge in [-0.2, -0.15) is 13.2 Å². The average Bonchev–Trinajstić information content (AvgIpc) is 2.00. The molecule has 0 saturated carbocycles. The quantitative estimate of drug-likeness (QED) is 0.628. The second-order valence-corrected chi connectivity index (χ2v) is 2.48. The van der Waals surface area contributed by atoms with Gasteiger partial charge in [-0.15, -0.1) is 0 Å². The summed E-state index contributed by atoms with van der Waals surface area (Å²) in [7, 11) is 0. The van der Waals surface area contributed by atoms with Crippen molar-refractivity contribution < 1.29 is 26.7 Å². The molecule has 0 bridgehead atoms. The number of hydrogen-bond donors (Lipinski definition) is 0. The molecule has 6 heteroatoms. The number of rotatable bonds is 5. The third-order valence-corrected chi connectivity index (χ3v) is 1.36. The van der Waals surface area contributed by atoms with Gasteiger partial charge in [0.25, 0.3) is 0 Å². The largest absolute Gasteiger partial charge is 0.391 e. The molecule has 13 heavy (non-hydrogen) atoms. The minimum atomic E-state index is -4.53. The van der Waals surface area contributed by atoms with Crippen molar-refractivity contribution in [1.82, 2.24) is 0 Å². The van der Waals surface area contributed by atoms with Gasteiger partial charge >= 0.3 is 6.18 Å². The number of hydrogen-bond acceptors (Lipinski definition) is 1. The molecule has 0 amide bonds. The van der Waals surface area contributed by atoms with Crippen LogP contribution in [-0.4, -0.2) is 31.7 Å². The molecule has 0 aromatic heterocycles. The maximum atomic E-state index is 12.5. The normalized spacial score (nSPS) is 17.1. The summed E-state index contributed by atoms with van der Waals surface area (Å²) in [5, 5.41) is 0. The molecule has 0 aromatic carbocycles. The lowest BCUT2D eigenvalue weighted by Crippen LogP contribution is -2.32. The molecule has 0 aliphatic carbocycles. The van der Waals surface area contributed by atoms with Crippen molar-refractivity contribution in [1.29, 1.82) is 0 Å². The van der Waals surface area contributed by atoms with Crippen molar-refractivity contribution in [2.75, 3.05) is 13.3 Å². The minimum Gasteiger partial charge on any atom is -0.375 e. The van der Waals surface area contributed by atoms with Crippen molar-refractivity contribution in [2.24, 2.45) is 0 Å². The van der Waals surface area contributed by atoms with Crippen LogP contribution in [-0.2, 0) is 4.74 Å². The predicted molar refractivity (Wildman–Crippen MR) is 37.0 cm³/mol. The summed E-state index contributed by atoms with van der Waals surface area (Å²) in [6.45, 7) is -0.101. The minimum absolute atomic E-state index is 0.0683. The van der Waals surface area contributed by atoms with E-state index in [0.29, 0.717) is 0 Å². The van der Waals surface area contributed by atoms with E-state index in [2.05, 4.69) is 4.74 Å². The second-order valence-electron chi connectivity index (χ2n) is 2.48. The molecule has 0 fully saturated rings. The first-order valence-corrected chi connectivity index (χ1v) is 3.79. The Balaban J connectivity index is 4.09. The van der Waals surface area contributed by atoms with Crippen LogP contribution >= 0.6 is 0 Å². The Morgan fingerprint density at radius 3 is 2.15 bits per heavy atom. The van der Waals surface area contributed by atoms with Crippen LogP contribution in [0.15, 0.2) is 0 Å². The summed E-state index contributed by atoms with van der Waals surface area (Å²) < 4.78 is 63.9. The zero-order chi connectivity index (χ0) is 10.5. The summed E-state index contributed by atoms with van der Waals surface area (Å²) in [5.74, 6) is 0. The van der Waals surface area contributed by atoms with Gasteiger partial charge in [-0.1, -0.05) is 0 Å². The molecule has 0 heterocycles. The zero-order valence-electron chi connectivity index (χ0n) is 7.07. The van der Waals surface area contributed by atoms with Gasteiger partial charge in [0.05, 0.1) is 12.5 Å². The Labute approximate surface area is 72.9 Å². The van der Waals surface area contributed by atoms with Gasteiger partial charge in [-0.3, -0.25) is 0 Å². The van der Waals surface area contributed by atoms with E-state index >= 15 is 0 Å². The fraction of sp³-hybridized carbons (Fsp3) is 1.00. The highest BCUT2D eigenvalue weighted by Crippen LogP contribution is 2.25. The van der Waals surface area contributed by atoms with Gasteiger partial charge < -0.3 is 4.74 Å². The van der Waals surface area contributed by atoms with E-state index in [0.717, 1.165) is 0 Å². The average molecular weight is 206 g/mol. The second kappa shape index (κ2) is 5.36. The first-order chi connectivity index (χ1) is 5.90. The molecule has 80 valence electrons. The maximum Gasteiger partial charge on any atom is 0.391 e. The molecule has 2 atom stereocenters. The summed E-state index contributed by atoms with van der Waals surface area (Å²) in [6, 6.07) is 0. The molecular weight excluding hydrogens is 195 g/mol. The van der Waals surface area contributed by atoms with Crippen LogP contribution in [0, 0.1) is 0 Å². The summed E-state index contributed by atoms with van der Waals surface area (Å²) in [6.07, 6.45) is -9.91.